The molecular formula is C22H15FN6O3. The van der Waals surface area contributed by atoms with Crippen LogP contribution in [0.4, 0.5) is 10.1 Å². The third kappa shape index (κ3) is 3.65. The highest BCUT2D eigenvalue weighted by atomic mass is 19.1. The minimum atomic E-state index is -0.501. The molecule has 0 atom stereocenters. The fraction of sp³-hybridized carbons (Fsp3) is 0.0455. The van der Waals surface area contributed by atoms with Gasteiger partial charge in [-0.2, -0.15) is 4.98 Å². The van der Waals surface area contributed by atoms with Gasteiger partial charge >= 0.3 is 5.69 Å². The minimum absolute atomic E-state index is 0.197. The fourth-order valence-electron chi connectivity index (χ4n) is 3.22. The maximum Gasteiger partial charge on any atom is 0.350 e. The summed E-state index contributed by atoms with van der Waals surface area (Å²) >= 11 is 0. The number of aromatic nitrogens is 5. The Bertz CT molecular complexity index is 1470. The summed E-state index contributed by atoms with van der Waals surface area (Å²) in [7, 11) is 0. The molecule has 1 N–H and O–H groups in total. The number of nitrogens with zero attached hydrogens (tertiary/aromatic N) is 5. The first-order valence-corrected chi connectivity index (χ1v) is 9.61. The summed E-state index contributed by atoms with van der Waals surface area (Å²) in [6.07, 6.45) is 1.54. The van der Waals surface area contributed by atoms with Gasteiger partial charge in [0.05, 0.1) is 5.56 Å². The van der Waals surface area contributed by atoms with E-state index in [0.29, 0.717) is 17.1 Å². The number of benzene rings is 2. The molecule has 32 heavy (non-hydrogen) atoms. The molecule has 0 saturated heterocycles. The predicted octanol–water partition coefficient (Wildman–Crippen LogP) is 2.99. The second-order valence-electron chi connectivity index (χ2n) is 6.90. The molecule has 9 nitrogen and oxygen atoms in total. The number of halogens is 1. The molecule has 0 aliphatic rings. The zero-order valence-electron chi connectivity index (χ0n) is 16.5. The summed E-state index contributed by atoms with van der Waals surface area (Å²) in [6.45, 7) is -0.323. The first-order chi connectivity index (χ1) is 15.6. The van der Waals surface area contributed by atoms with Gasteiger partial charge < -0.3 is 9.84 Å². The van der Waals surface area contributed by atoms with E-state index in [1.807, 2.05) is 30.3 Å². The molecule has 0 aliphatic heterocycles. The average Bonchev–Trinajstić information content (AvgIpc) is 3.42. The number of hydrogen-bond acceptors (Lipinski definition) is 6. The number of nitrogens with one attached hydrogen (secondary N) is 1. The van der Waals surface area contributed by atoms with E-state index in [1.54, 1.807) is 12.1 Å². The second-order valence-corrected chi connectivity index (χ2v) is 6.90. The summed E-state index contributed by atoms with van der Waals surface area (Å²) in [6, 6.07) is 18.0. The van der Waals surface area contributed by atoms with Crippen LogP contribution in [0.15, 0.2) is 82.2 Å². The summed E-state index contributed by atoms with van der Waals surface area (Å²) in [4.78, 5) is 29.5. The van der Waals surface area contributed by atoms with E-state index in [2.05, 4.69) is 20.6 Å². The second kappa shape index (κ2) is 7.91. The van der Waals surface area contributed by atoms with E-state index in [-0.39, 0.29) is 18.1 Å². The van der Waals surface area contributed by atoms with Gasteiger partial charge in [-0.1, -0.05) is 35.5 Å². The van der Waals surface area contributed by atoms with Crippen molar-refractivity contribution in [2.45, 2.75) is 6.54 Å². The van der Waals surface area contributed by atoms with Crippen LogP contribution < -0.4 is 11.0 Å². The van der Waals surface area contributed by atoms with Crippen molar-refractivity contribution >= 4 is 17.2 Å². The average molecular weight is 430 g/mol. The molecule has 0 fully saturated rings. The molecule has 5 rings (SSSR count). The molecule has 10 heteroatoms. The summed E-state index contributed by atoms with van der Waals surface area (Å²) in [5.41, 5.74) is 1.43. The molecule has 0 bridgehead atoms. The first kappa shape index (κ1) is 19.4. The van der Waals surface area contributed by atoms with Crippen molar-refractivity contribution in [3.8, 4) is 22.8 Å². The van der Waals surface area contributed by atoms with Crippen molar-refractivity contribution in [1.82, 2.24) is 24.3 Å². The molecule has 0 unspecified atom stereocenters. The number of pyridine rings is 1. The van der Waals surface area contributed by atoms with E-state index < -0.39 is 17.4 Å². The Morgan fingerprint density at radius 2 is 1.81 bits per heavy atom. The summed E-state index contributed by atoms with van der Waals surface area (Å²) in [5, 5.41) is 10.9. The van der Waals surface area contributed by atoms with Crippen molar-refractivity contribution in [3.05, 3.63) is 89.2 Å². The number of rotatable bonds is 5. The summed E-state index contributed by atoms with van der Waals surface area (Å²) in [5.74, 6) is -0.290. The number of anilines is 1. The molecule has 3 heterocycles. The smallest absolute Gasteiger partial charge is 0.333 e. The molecule has 0 aliphatic carbocycles. The molecular weight excluding hydrogens is 415 g/mol. The lowest BCUT2D eigenvalue weighted by molar-refractivity contribution is -0.117. The number of carbonyl (C=O) groups is 1. The molecule has 2 aromatic carbocycles. The first-order valence-electron chi connectivity index (χ1n) is 9.61. The zero-order valence-corrected chi connectivity index (χ0v) is 16.5. The lowest BCUT2D eigenvalue weighted by Gasteiger charge is -2.04. The standard InChI is InChI=1S/C22H15FN6O3/c23-15-8-10-16(11-9-15)24-18(30)13-29-22(31)28-12-4-7-17(20(28)26-29)21-25-19(27-32-21)14-5-2-1-3-6-14/h1-12H,13H2,(H,24,30). The predicted molar refractivity (Wildman–Crippen MR) is 113 cm³/mol. The van der Waals surface area contributed by atoms with Crippen molar-refractivity contribution in [3.63, 3.8) is 0 Å². The third-order valence-corrected chi connectivity index (χ3v) is 4.72. The molecule has 3 aromatic heterocycles. The molecule has 0 radical (unpaired) electrons. The van der Waals surface area contributed by atoms with Crippen LogP contribution in [-0.2, 0) is 11.3 Å². The van der Waals surface area contributed by atoms with Gasteiger partial charge in [0.15, 0.2) is 5.65 Å². The van der Waals surface area contributed by atoms with Crippen molar-refractivity contribution in [1.29, 1.82) is 0 Å². The Labute approximate surface area is 179 Å². The highest BCUT2D eigenvalue weighted by molar-refractivity contribution is 5.90. The topological polar surface area (TPSA) is 107 Å². The maximum atomic E-state index is 13.0. The van der Waals surface area contributed by atoms with Gasteiger partial charge in [0.2, 0.25) is 11.7 Å². The van der Waals surface area contributed by atoms with Gasteiger partial charge in [0, 0.05) is 17.4 Å². The quantitative estimate of drug-likeness (QED) is 0.459. The van der Waals surface area contributed by atoms with Gasteiger partial charge in [-0.25, -0.2) is 18.3 Å². The Balaban J connectivity index is 1.45. The largest absolute Gasteiger partial charge is 0.350 e. The number of carbonyl (C=O) groups excluding carboxylic acids is 1. The Morgan fingerprint density at radius 1 is 1.03 bits per heavy atom. The normalized spacial score (nSPS) is 11.0. The van der Waals surface area contributed by atoms with Crippen LogP contribution in [0.2, 0.25) is 0 Å². The molecule has 1 amide bonds. The van der Waals surface area contributed by atoms with Gasteiger partial charge in [-0.15, -0.1) is 5.10 Å². The highest BCUT2D eigenvalue weighted by Crippen LogP contribution is 2.24. The summed E-state index contributed by atoms with van der Waals surface area (Å²) < 4.78 is 20.8. The fourth-order valence-corrected chi connectivity index (χ4v) is 3.22. The lowest BCUT2D eigenvalue weighted by Crippen LogP contribution is -2.28. The van der Waals surface area contributed by atoms with Gasteiger partial charge in [-0.05, 0) is 36.4 Å². The van der Waals surface area contributed by atoms with Gasteiger partial charge in [0.1, 0.15) is 12.4 Å². The third-order valence-electron chi connectivity index (χ3n) is 4.72. The molecule has 0 saturated carbocycles. The zero-order chi connectivity index (χ0) is 22.1. The van der Waals surface area contributed by atoms with Crippen LogP contribution in [0.25, 0.3) is 28.5 Å². The SMILES string of the molecule is O=C(Cn1nc2c(-c3nc(-c4ccccc4)no3)cccn2c1=O)Nc1ccc(F)cc1. The van der Waals surface area contributed by atoms with Crippen LogP contribution >= 0.6 is 0 Å². The molecule has 5 aromatic rings. The van der Waals surface area contributed by atoms with E-state index in [4.69, 9.17) is 4.52 Å². The van der Waals surface area contributed by atoms with Crippen molar-refractivity contribution in [2.75, 3.05) is 5.32 Å². The van der Waals surface area contributed by atoms with Crippen molar-refractivity contribution in [2.24, 2.45) is 0 Å². The monoisotopic (exact) mass is 430 g/mol. The maximum absolute atomic E-state index is 13.0. The molecule has 158 valence electrons. The van der Waals surface area contributed by atoms with E-state index in [1.165, 1.54) is 34.9 Å². The Kier molecular flexibility index (Phi) is 4.79. The van der Waals surface area contributed by atoms with E-state index in [9.17, 15) is 14.0 Å². The van der Waals surface area contributed by atoms with E-state index in [0.717, 1.165) is 10.2 Å². The van der Waals surface area contributed by atoms with Crippen LogP contribution in [0.1, 0.15) is 0 Å². The molecule has 0 spiro atoms. The highest BCUT2D eigenvalue weighted by Gasteiger charge is 2.18. The lowest BCUT2D eigenvalue weighted by atomic mass is 10.2. The Hall–Kier alpha value is -4.60. The van der Waals surface area contributed by atoms with Crippen LogP contribution in [-0.4, -0.2) is 30.2 Å². The number of hydrogen-bond donors (Lipinski definition) is 1. The minimum Gasteiger partial charge on any atom is -0.333 e. The van der Waals surface area contributed by atoms with Gasteiger partial charge in [0.25, 0.3) is 5.89 Å². The Morgan fingerprint density at radius 3 is 2.59 bits per heavy atom. The van der Waals surface area contributed by atoms with Crippen molar-refractivity contribution < 1.29 is 13.7 Å². The number of amides is 1. The van der Waals surface area contributed by atoms with Crippen LogP contribution in [0, 0.1) is 5.82 Å². The van der Waals surface area contributed by atoms with Crippen LogP contribution in [0.5, 0.6) is 0 Å². The number of fused-ring (bicyclic) bond motifs is 1. The van der Waals surface area contributed by atoms with E-state index >= 15 is 0 Å². The van der Waals surface area contributed by atoms with Crippen LogP contribution in [0.3, 0.4) is 0 Å². The van der Waals surface area contributed by atoms with Gasteiger partial charge in [-0.3, -0.25) is 4.79 Å².